The standard InChI is InChI=1S/C13H10ClFN2OS/c1-7-2-4-9(12(16)19)13(17-7)18-8-3-5-10(14)11(15)6-8/h2-6H,1H3,(H2,16,19). The van der Waals surface area contributed by atoms with Gasteiger partial charge in [0.25, 0.3) is 0 Å². The summed E-state index contributed by atoms with van der Waals surface area (Å²) < 4.78 is 18.8. The summed E-state index contributed by atoms with van der Waals surface area (Å²) in [6, 6.07) is 7.60. The molecule has 3 nitrogen and oxygen atoms in total. The molecule has 98 valence electrons. The average molecular weight is 297 g/mol. The average Bonchev–Trinajstić information content (AvgIpc) is 2.33. The molecule has 0 amide bonds. The first-order chi connectivity index (χ1) is 8.97. The van der Waals surface area contributed by atoms with Crippen molar-refractivity contribution in [1.29, 1.82) is 0 Å². The largest absolute Gasteiger partial charge is 0.438 e. The molecule has 0 aliphatic carbocycles. The second kappa shape index (κ2) is 5.50. The van der Waals surface area contributed by atoms with Gasteiger partial charge in [-0.25, -0.2) is 9.37 Å². The first-order valence-corrected chi connectivity index (χ1v) is 6.16. The van der Waals surface area contributed by atoms with Gasteiger partial charge in [0.2, 0.25) is 5.88 Å². The quantitative estimate of drug-likeness (QED) is 0.879. The van der Waals surface area contributed by atoms with Gasteiger partial charge in [-0.2, -0.15) is 0 Å². The summed E-state index contributed by atoms with van der Waals surface area (Å²) in [5.41, 5.74) is 6.83. The van der Waals surface area contributed by atoms with Gasteiger partial charge in [-0.3, -0.25) is 0 Å². The monoisotopic (exact) mass is 296 g/mol. The Labute approximate surface area is 120 Å². The lowest BCUT2D eigenvalue weighted by Gasteiger charge is -2.10. The van der Waals surface area contributed by atoms with Gasteiger partial charge in [-0.15, -0.1) is 0 Å². The molecule has 0 atom stereocenters. The van der Waals surface area contributed by atoms with Gasteiger partial charge in [0.15, 0.2) is 0 Å². The van der Waals surface area contributed by atoms with E-state index in [0.29, 0.717) is 5.56 Å². The van der Waals surface area contributed by atoms with Crippen LogP contribution in [0.2, 0.25) is 5.02 Å². The number of pyridine rings is 1. The van der Waals surface area contributed by atoms with Crippen LogP contribution in [-0.4, -0.2) is 9.97 Å². The van der Waals surface area contributed by atoms with E-state index in [9.17, 15) is 4.39 Å². The number of nitrogens with zero attached hydrogens (tertiary/aromatic N) is 1. The fourth-order valence-electron chi connectivity index (χ4n) is 1.45. The van der Waals surface area contributed by atoms with Gasteiger partial charge >= 0.3 is 0 Å². The fraction of sp³-hybridized carbons (Fsp3) is 0.0769. The van der Waals surface area contributed by atoms with E-state index >= 15 is 0 Å². The van der Waals surface area contributed by atoms with E-state index in [1.807, 2.05) is 0 Å². The van der Waals surface area contributed by atoms with Gasteiger partial charge in [0.05, 0.1) is 10.6 Å². The van der Waals surface area contributed by atoms with E-state index in [0.717, 1.165) is 5.69 Å². The Morgan fingerprint density at radius 2 is 2.11 bits per heavy atom. The van der Waals surface area contributed by atoms with Crippen LogP contribution in [0.1, 0.15) is 11.3 Å². The van der Waals surface area contributed by atoms with Crippen LogP contribution in [0.25, 0.3) is 0 Å². The first-order valence-electron chi connectivity index (χ1n) is 5.37. The summed E-state index contributed by atoms with van der Waals surface area (Å²) in [5.74, 6) is -0.0459. The van der Waals surface area contributed by atoms with E-state index in [4.69, 9.17) is 34.3 Å². The summed E-state index contributed by atoms with van der Waals surface area (Å²) in [5, 5.41) is 0.0270. The van der Waals surface area contributed by atoms with Crippen molar-refractivity contribution in [2.24, 2.45) is 5.73 Å². The third kappa shape index (κ3) is 3.19. The molecule has 0 radical (unpaired) electrons. The predicted octanol–water partition coefficient (Wildman–Crippen LogP) is 3.61. The second-order valence-corrected chi connectivity index (χ2v) is 4.69. The van der Waals surface area contributed by atoms with Crippen molar-refractivity contribution >= 4 is 28.8 Å². The Morgan fingerprint density at radius 3 is 2.74 bits per heavy atom. The van der Waals surface area contributed by atoms with Gasteiger partial charge in [-0.1, -0.05) is 23.8 Å². The number of ether oxygens (including phenoxy) is 1. The van der Waals surface area contributed by atoms with Crippen molar-refractivity contribution < 1.29 is 9.13 Å². The molecule has 0 saturated heterocycles. The van der Waals surface area contributed by atoms with Crippen molar-refractivity contribution in [2.75, 3.05) is 0 Å². The van der Waals surface area contributed by atoms with Crippen LogP contribution in [-0.2, 0) is 0 Å². The molecule has 0 unspecified atom stereocenters. The minimum Gasteiger partial charge on any atom is -0.438 e. The number of benzene rings is 1. The molecule has 19 heavy (non-hydrogen) atoms. The molecule has 0 bridgehead atoms. The zero-order valence-corrected chi connectivity index (χ0v) is 11.6. The summed E-state index contributed by atoms with van der Waals surface area (Å²) in [6.45, 7) is 1.80. The van der Waals surface area contributed by atoms with E-state index in [1.165, 1.54) is 12.1 Å². The number of aromatic nitrogens is 1. The number of thiocarbonyl (C=S) groups is 1. The van der Waals surface area contributed by atoms with Crippen LogP contribution in [0, 0.1) is 12.7 Å². The van der Waals surface area contributed by atoms with E-state index < -0.39 is 5.82 Å². The highest BCUT2D eigenvalue weighted by atomic mass is 35.5. The van der Waals surface area contributed by atoms with Crippen molar-refractivity contribution in [3.05, 3.63) is 52.4 Å². The number of hydrogen-bond acceptors (Lipinski definition) is 3. The Morgan fingerprint density at radius 1 is 1.37 bits per heavy atom. The highest BCUT2D eigenvalue weighted by Gasteiger charge is 2.11. The van der Waals surface area contributed by atoms with Crippen molar-refractivity contribution in [2.45, 2.75) is 6.92 Å². The highest BCUT2D eigenvalue weighted by molar-refractivity contribution is 7.80. The Kier molecular flexibility index (Phi) is 3.97. The molecule has 2 N–H and O–H groups in total. The van der Waals surface area contributed by atoms with Gasteiger partial charge < -0.3 is 10.5 Å². The van der Waals surface area contributed by atoms with Crippen molar-refractivity contribution in [3.63, 3.8) is 0 Å². The maximum Gasteiger partial charge on any atom is 0.229 e. The predicted molar refractivity (Wildman–Crippen MR) is 76.3 cm³/mol. The van der Waals surface area contributed by atoms with Crippen LogP contribution in [0.5, 0.6) is 11.6 Å². The molecular weight excluding hydrogens is 287 g/mol. The molecular formula is C13H10ClFN2OS. The lowest BCUT2D eigenvalue weighted by molar-refractivity contribution is 0.456. The summed E-state index contributed by atoms with van der Waals surface area (Å²) in [4.78, 5) is 4.36. The number of nitrogens with two attached hydrogens (primary N) is 1. The lowest BCUT2D eigenvalue weighted by atomic mass is 10.2. The zero-order chi connectivity index (χ0) is 14.0. The Balaban J connectivity index is 2.39. The summed E-state index contributed by atoms with van der Waals surface area (Å²) in [6.07, 6.45) is 0. The number of aryl methyl sites for hydroxylation is 1. The van der Waals surface area contributed by atoms with Crippen molar-refractivity contribution in [3.8, 4) is 11.6 Å². The highest BCUT2D eigenvalue weighted by Crippen LogP contribution is 2.26. The molecule has 1 heterocycles. The molecule has 0 spiro atoms. The van der Waals surface area contributed by atoms with Crippen LogP contribution in [0.4, 0.5) is 4.39 Å². The third-order valence-corrected chi connectivity index (χ3v) is 2.90. The normalized spacial score (nSPS) is 10.3. The topological polar surface area (TPSA) is 48.1 Å². The van der Waals surface area contributed by atoms with Gasteiger partial charge in [0.1, 0.15) is 16.6 Å². The number of halogens is 2. The lowest BCUT2D eigenvalue weighted by Crippen LogP contribution is -2.12. The molecule has 0 saturated carbocycles. The number of hydrogen-bond donors (Lipinski definition) is 1. The number of rotatable bonds is 3. The molecule has 1 aromatic carbocycles. The molecule has 0 aliphatic heterocycles. The van der Waals surface area contributed by atoms with Crippen LogP contribution >= 0.6 is 23.8 Å². The molecule has 0 aliphatic rings. The minimum absolute atomic E-state index is 0.0270. The fourth-order valence-corrected chi connectivity index (χ4v) is 1.72. The molecule has 1 aromatic heterocycles. The minimum atomic E-state index is -0.566. The van der Waals surface area contributed by atoms with E-state index in [-0.39, 0.29) is 21.6 Å². The summed E-state index contributed by atoms with van der Waals surface area (Å²) in [7, 11) is 0. The van der Waals surface area contributed by atoms with E-state index in [2.05, 4.69) is 4.98 Å². The molecule has 6 heteroatoms. The maximum absolute atomic E-state index is 13.3. The molecule has 2 rings (SSSR count). The van der Waals surface area contributed by atoms with E-state index in [1.54, 1.807) is 25.1 Å². The smallest absolute Gasteiger partial charge is 0.229 e. The first kappa shape index (κ1) is 13.7. The maximum atomic E-state index is 13.3. The third-order valence-electron chi connectivity index (χ3n) is 2.37. The summed E-state index contributed by atoms with van der Waals surface area (Å²) >= 11 is 10.5. The van der Waals surface area contributed by atoms with Gasteiger partial charge in [-0.05, 0) is 31.2 Å². The molecule has 2 aromatic rings. The zero-order valence-electron chi connectivity index (χ0n) is 9.98. The Bertz CT molecular complexity index is 649. The molecule has 0 fully saturated rings. The SMILES string of the molecule is Cc1ccc(C(N)=S)c(Oc2ccc(Cl)c(F)c2)n1. The second-order valence-electron chi connectivity index (χ2n) is 3.85. The van der Waals surface area contributed by atoms with Crippen LogP contribution in [0.3, 0.4) is 0 Å². The van der Waals surface area contributed by atoms with Crippen molar-refractivity contribution in [1.82, 2.24) is 4.98 Å². The van der Waals surface area contributed by atoms with Crippen LogP contribution < -0.4 is 10.5 Å². The van der Waals surface area contributed by atoms with Crippen LogP contribution in [0.15, 0.2) is 30.3 Å². The Hall–Kier alpha value is -1.72. The van der Waals surface area contributed by atoms with Gasteiger partial charge in [0, 0.05) is 11.8 Å².